The number of nitrogens with one attached hydrogen (secondary N) is 2. The van der Waals surface area contributed by atoms with E-state index in [4.69, 9.17) is 14.2 Å². The molecule has 150 valence electrons. The third-order valence-electron chi connectivity index (χ3n) is 4.28. The molecule has 4 rings (SSSR count). The molecule has 2 amide bonds. The summed E-state index contributed by atoms with van der Waals surface area (Å²) in [6.07, 6.45) is 0.0443. The minimum absolute atomic E-state index is 0.0443. The van der Waals surface area contributed by atoms with E-state index in [0.717, 1.165) is 0 Å². The number of aliphatic imine (C=N–C) groups is 1. The molecule has 1 atom stereocenters. The van der Waals surface area contributed by atoms with Crippen molar-refractivity contribution in [2.45, 2.75) is 11.7 Å². The van der Waals surface area contributed by atoms with Crippen molar-refractivity contribution in [3.8, 4) is 17.2 Å². The van der Waals surface area contributed by atoms with Gasteiger partial charge in [0.15, 0.2) is 16.7 Å². The minimum Gasteiger partial charge on any atom is -0.497 e. The number of thioether (sulfide) groups is 1. The fraction of sp³-hybridized carbons (Fsp3) is 0.250. The van der Waals surface area contributed by atoms with E-state index in [1.54, 1.807) is 49.6 Å². The number of benzene rings is 2. The highest BCUT2D eigenvalue weighted by molar-refractivity contribution is 8.15. The van der Waals surface area contributed by atoms with E-state index in [2.05, 4.69) is 15.6 Å². The number of fused-ring (bicyclic) bond motifs is 1. The van der Waals surface area contributed by atoms with Gasteiger partial charge in [-0.2, -0.15) is 0 Å². The Kier molecular flexibility index (Phi) is 5.57. The van der Waals surface area contributed by atoms with Crippen LogP contribution in [-0.4, -0.2) is 42.6 Å². The van der Waals surface area contributed by atoms with Crippen LogP contribution in [0.3, 0.4) is 0 Å². The van der Waals surface area contributed by atoms with E-state index in [1.165, 1.54) is 11.8 Å². The Balaban J connectivity index is 1.37. The molecule has 0 saturated carbocycles. The van der Waals surface area contributed by atoms with Crippen LogP contribution in [0.25, 0.3) is 0 Å². The smallest absolute Gasteiger partial charge is 0.240 e. The van der Waals surface area contributed by atoms with Gasteiger partial charge in [-0.15, -0.1) is 0 Å². The van der Waals surface area contributed by atoms with Crippen LogP contribution in [0.4, 0.5) is 11.4 Å². The molecule has 2 aliphatic heterocycles. The van der Waals surface area contributed by atoms with Gasteiger partial charge >= 0.3 is 0 Å². The van der Waals surface area contributed by atoms with Gasteiger partial charge in [0.05, 0.1) is 12.8 Å². The van der Waals surface area contributed by atoms with Crippen molar-refractivity contribution in [2.24, 2.45) is 4.99 Å². The largest absolute Gasteiger partial charge is 0.497 e. The molecule has 1 saturated heterocycles. The number of hydrogen-bond acceptors (Lipinski definition) is 7. The maximum Gasteiger partial charge on any atom is 0.240 e. The summed E-state index contributed by atoms with van der Waals surface area (Å²) >= 11 is 1.23. The van der Waals surface area contributed by atoms with E-state index >= 15 is 0 Å². The number of carbonyl (C=O) groups is 2. The van der Waals surface area contributed by atoms with Gasteiger partial charge in [0.2, 0.25) is 11.8 Å². The highest BCUT2D eigenvalue weighted by atomic mass is 32.2. The molecule has 0 radical (unpaired) electrons. The highest BCUT2D eigenvalue weighted by Crippen LogP contribution is 2.34. The van der Waals surface area contributed by atoms with Crippen molar-refractivity contribution >= 4 is 40.1 Å². The molecule has 1 fully saturated rings. The van der Waals surface area contributed by atoms with Crippen molar-refractivity contribution in [3.63, 3.8) is 0 Å². The molecular weight excluding hydrogens is 394 g/mol. The fourth-order valence-corrected chi connectivity index (χ4v) is 3.85. The molecular formula is C20H19N3O5S. The van der Waals surface area contributed by atoms with Gasteiger partial charge < -0.3 is 24.8 Å². The molecule has 0 aliphatic carbocycles. The molecule has 0 bridgehead atoms. The Morgan fingerprint density at radius 1 is 1.21 bits per heavy atom. The van der Waals surface area contributed by atoms with Gasteiger partial charge in [0.25, 0.3) is 0 Å². The van der Waals surface area contributed by atoms with Crippen LogP contribution >= 0.6 is 11.8 Å². The highest BCUT2D eigenvalue weighted by Gasteiger charge is 2.32. The van der Waals surface area contributed by atoms with Crippen molar-refractivity contribution < 1.29 is 23.8 Å². The van der Waals surface area contributed by atoms with Gasteiger partial charge in [-0.1, -0.05) is 11.8 Å². The second kappa shape index (κ2) is 8.44. The Labute approximate surface area is 171 Å². The molecule has 8 nitrogen and oxygen atoms in total. The minimum atomic E-state index is -0.538. The zero-order valence-corrected chi connectivity index (χ0v) is 16.5. The summed E-state index contributed by atoms with van der Waals surface area (Å²) in [5.74, 6) is 1.52. The SMILES string of the molecule is COc1ccc(NC(=O)C[C@@H]2SC(=Nc3ccc4c(c3)OCCO4)NC2=O)cc1. The number of amides is 2. The van der Waals surface area contributed by atoms with E-state index < -0.39 is 5.25 Å². The second-order valence-corrected chi connectivity index (χ2v) is 7.51. The number of rotatable bonds is 5. The molecule has 29 heavy (non-hydrogen) atoms. The average Bonchev–Trinajstić information content (AvgIpc) is 3.07. The Bertz CT molecular complexity index is 961. The molecule has 0 aromatic heterocycles. The van der Waals surface area contributed by atoms with Crippen molar-refractivity contribution in [3.05, 3.63) is 42.5 Å². The predicted molar refractivity (Wildman–Crippen MR) is 110 cm³/mol. The zero-order chi connectivity index (χ0) is 20.2. The summed E-state index contributed by atoms with van der Waals surface area (Å²) in [7, 11) is 1.58. The molecule has 9 heteroatoms. The number of methoxy groups -OCH3 is 1. The summed E-state index contributed by atoms with van der Waals surface area (Å²) in [5.41, 5.74) is 1.28. The van der Waals surface area contributed by atoms with E-state index in [1.807, 2.05) is 0 Å². The maximum atomic E-state index is 12.3. The van der Waals surface area contributed by atoms with Crippen LogP contribution in [0, 0.1) is 0 Å². The standard InChI is InChI=1S/C20H19N3O5S/c1-26-14-5-2-12(3-6-14)21-18(24)11-17-19(25)23-20(29-17)22-13-4-7-15-16(10-13)28-9-8-27-15/h2-7,10,17H,8-9,11H2,1H3,(H,21,24)(H,22,23,25)/t17-/m0/s1. The van der Waals surface area contributed by atoms with Gasteiger partial charge in [0, 0.05) is 18.2 Å². The Hall–Kier alpha value is -3.20. The van der Waals surface area contributed by atoms with Crippen molar-refractivity contribution in [1.29, 1.82) is 0 Å². The molecule has 2 heterocycles. The monoisotopic (exact) mass is 413 g/mol. The lowest BCUT2D eigenvalue weighted by atomic mass is 10.2. The Morgan fingerprint density at radius 2 is 1.97 bits per heavy atom. The molecule has 2 N–H and O–H groups in total. The number of nitrogens with zero attached hydrogens (tertiary/aromatic N) is 1. The van der Waals surface area contributed by atoms with Crippen LogP contribution in [0.5, 0.6) is 17.2 Å². The lowest BCUT2D eigenvalue weighted by molar-refractivity contribution is -0.122. The first-order chi connectivity index (χ1) is 14.1. The molecule has 2 aliphatic rings. The molecule has 2 aromatic rings. The van der Waals surface area contributed by atoms with E-state index in [9.17, 15) is 9.59 Å². The van der Waals surface area contributed by atoms with E-state index in [-0.39, 0.29) is 18.2 Å². The fourth-order valence-electron chi connectivity index (χ4n) is 2.87. The summed E-state index contributed by atoms with van der Waals surface area (Å²) in [4.78, 5) is 29.0. The third kappa shape index (κ3) is 4.62. The van der Waals surface area contributed by atoms with Gasteiger partial charge in [-0.05, 0) is 36.4 Å². The van der Waals surface area contributed by atoms with Crippen LogP contribution in [0.2, 0.25) is 0 Å². The number of carbonyl (C=O) groups excluding carboxylic acids is 2. The van der Waals surface area contributed by atoms with Crippen LogP contribution < -0.4 is 24.8 Å². The Morgan fingerprint density at radius 3 is 2.72 bits per heavy atom. The van der Waals surface area contributed by atoms with Crippen LogP contribution in [-0.2, 0) is 9.59 Å². The zero-order valence-electron chi connectivity index (χ0n) is 15.6. The number of hydrogen-bond donors (Lipinski definition) is 2. The molecule has 0 unspecified atom stereocenters. The third-order valence-corrected chi connectivity index (χ3v) is 5.36. The predicted octanol–water partition coefficient (Wildman–Crippen LogP) is 2.71. The average molecular weight is 413 g/mol. The number of ether oxygens (including phenoxy) is 3. The van der Waals surface area contributed by atoms with Gasteiger partial charge in [0.1, 0.15) is 24.2 Å². The number of anilines is 1. The topological polar surface area (TPSA) is 98.2 Å². The normalized spacial score (nSPS) is 19.0. The van der Waals surface area contributed by atoms with Crippen LogP contribution in [0.15, 0.2) is 47.5 Å². The first-order valence-electron chi connectivity index (χ1n) is 9.00. The van der Waals surface area contributed by atoms with Crippen molar-refractivity contribution in [1.82, 2.24) is 5.32 Å². The molecule has 2 aromatic carbocycles. The van der Waals surface area contributed by atoms with Gasteiger partial charge in [-0.3, -0.25) is 9.59 Å². The quantitative estimate of drug-likeness (QED) is 0.782. The summed E-state index contributed by atoms with van der Waals surface area (Å²) in [6.45, 7) is 1.01. The first-order valence-corrected chi connectivity index (χ1v) is 9.88. The molecule has 0 spiro atoms. The number of amidine groups is 1. The van der Waals surface area contributed by atoms with Crippen LogP contribution in [0.1, 0.15) is 6.42 Å². The lowest BCUT2D eigenvalue weighted by Gasteiger charge is -2.18. The lowest BCUT2D eigenvalue weighted by Crippen LogP contribution is -2.28. The van der Waals surface area contributed by atoms with Gasteiger partial charge in [-0.25, -0.2) is 4.99 Å². The van der Waals surface area contributed by atoms with E-state index in [0.29, 0.717) is 47.0 Å². The summed E-state index contributed by atoms with van der Waals surface area (Å²) < 4.78 is 16.1. The van der Waals surface area contributed by atoms with Crippen molar-refractivity contribution in [2.75, 3.05) is 25.6 Å². The summed E-state index contributed by atoms with van der Waals surface area (Å²) in [5, 5.41) is 5.42. The second-order valence-electron chi connectivity index (χ2n) is 6.32. The summed E-state index contributed by atoms with van der Waals surface area (Å²) in [6, 6.07) is 12.3. The maximum absolute atomic E-state index is 12.3. The first kappa shape index (κ1) is 19.1.